The minimum absolute atomic E-state index is 0.997. The zero-order valence-electron chi connectivity index (χ0n) is 8.13. The third-order valence-corrected chi connectivity index (χ3v) is 2.21. The summed E-state index contributed by atoms with van der Waals surface area (Å²) in [4.78, 5) is 2.42. The van der Waals surface area contributed by atoms with Crippen LogP contribution in [-0.2, 0) is 0 Å². The van der Waals surface area contributed by atoms with E-state index >= 15 is 0 Å². The van der Waals surface area contributed by atoms with Crippen LogP contribution in [0.1, 0.15) is 0 Å². The summed E-state index contributed by atoms with van der Waals surface area (Å²) in [5, 5.41) is 3.33. The summed E-state index contributed by atoms with van der Waals surface area (Å²) in [6.07, 6.45) is 5.75. The van der Waals surface area contributed by atoms with Gasteiger partial charge in [-0.05, 0) is 5.57 Å². The molecule has 1 rings (SSSR count). The predicted molar refractivity (Wildman–Crippen MR) is 57.8 cm³/mol. The van der Waals surface area contributed by atoms with Crippen molar-refractivity contribution in [2.45, 2.75) is 0 Å². The van der Waals surface area contributed by atoms with Gasteiger partial charge in [-0.3, -0.25) is 4.90 Å². The quantitative estimate of drug-likeness (QED) is 0.651. The van der Waals surface area contributed by atoms with Gasteiger partial charge < -0.3 is 5.32 Å². The molecule has 2 nitrogen and oxygen atoms in total. The Balaban J connectivity index is 2.40. The average Bonchev–Trinajstić information content (AvgIpc) is 2.19. The third kappa shape index (κ3) is 3.57. The van der Waals surface area contributed by atoms with Crippen LogP contribution in [0, 0.1) is 0 Å². The molecule has 0 amide bonds. The maximum absolute atomic E-state index is 3.79. The molecule has 0 radical (unpaired) electrons. The second-order valence-electron chi connectivity index (χ2n) is 3.21. The zero-order valence-corrected chi connectivity index (χ0v) is 8.13. The highest BCUT2D eigenvalue weighted by Crippen LogP contribution is 2.02. The SMILES string of the molecule is C=C/C=C(\C=C)CN1CCNCC1. The molecule has 0 aromatic heterocycles. The summed E-state index contributed by atoms with van der Waals surface area (Å²) in [7, 11) is 0. The molecule has 72 valence electrons. The van der Waals surface area contributed by atoms with Gasteiger partial charge in [0, 0.05) is 32.7 Å². The minimum Gasteiger partial charge on any atom is -0.314 e. The smallest absolute Gasteiger partial charge is 0.0234 e. The molecule has 0 aromatic rings. The molecule has 1 heterocycles. The molecule has 0 atom stereocenters. The summed E-state index contributed by atoms with van der Waals surface area (Å²) in [5.74, 6) is 0. The molecular weight excluding hydrogens is 160 g/mol. The summed E-state index contributed by atoms with van der Waals surface area (Å²) in [6, 6.07) is 0. The largest absolute Gasteiger partial charge is 0.314 e. The van der Waals surface area contributed by atoms with Gasteiger partial charge in [0.2, 0.25) is 0 Å². The Morgan fingerprint density at radius 3 is 2.54 bits per heavy atom. The first-order valence-corrected chi connectivity index (χ1v) is 4.74. The lowest BCUT2D eigenvalue weighted by molar-refractivity contribution is 0.261. The van der Waals surface area contributed by atoms with Gasteiger partial charge in [-0.25, -0.2) is 0 Å². The summed E-state index contributed by atoms with van der Waals surface area (Å²) in [6.45, 7) is 12.9. The molecule has 1 aliphatic heterocycles. The van der Waals surface area contributed by atoms with E-state index in [9.17, 15) is 0 Å². The Labute approximate surface area is 80.6 Å². The van der Waals surface area contributed by atoms with E-state index in [2.05, 4.69) is 23.4 Å². The van der Waals surface area contributed by atoms with Gasteiger partial charge in [-0.15, -0.1) is 0 Å². The second-order valence-corrected chi connectivity index (χ2v) is 3.21. The molecule has 0 bridgehead atoms. The van der Waals surface area contributed by atoms with Gasteiger partial charge in [-0.2, -0.15) is 0 Å². The zero-order chi connectivity index (χ0) is 9.52. The van der Waals surface area contributed by atoms with Gasteiger partial charge >= 0.3 is 0 Å². The van der Waals surface area contributed by atoms with E-state index in [4.69, 9.17) is 0 Å². The minimum atomic E-state index is 0.997. The van der Waals surface area contributed by atoms with Crippen molar-refractivity contribution in [3.05, 3.63) is 37.0 Å². The maximum Gasteiger partial charge on any atom is 0.0234 e. The molecule has 0 unspecified atom stereocenters. The molecule has 1 fully saturated rings. The van der Waals surface area contributed by atoms with E-state index in [1.165, 1.54) is 5.57 Å². The molecule has 0 saturated carbocycles. The van der Waals surface area contributed by atoms with E-state index in [1.54, 1.807) is 0 Å². The Morgan fingerprint density at radius 1 is 1.31 bits per heavy atom. The van der Waals surface area contributed by atoms with Crippen LogP contribution >= 0.6 is 0 Å². The van der Waals surface area contributed by atoms with Crippen LogP contribution in [0.3, 0.4) is 0 Å². The lowest BCUT2D eigenvalue weighted by Crippen LogP contribution is -2.44. The van der Waals surface area contributed by atoms with Crippen LogP contribution in [0.25, 0.3) is 0 Å². The van der Waals surface area contributed by atoms with Gasteiger partial charge in [-0.1, -0.05) is 31.4 Å². The summed E-state index contributed by atoms with van der Waals surface area (Å²) < 4.78 is 0. The third-order valence-electron chi connectivity index (χ3n) is 2.21. The highest BCUT2D eigenvalue weighted by Gasteiger charge is 2.09. The molecule has 0 spiro atoms. The molecule has 1 saturated heterocycles. The van der Waals surface area contributed by atoms with Crippen molar-refractivity contribution >= 4 is 0 Å². The van der Waals surface area contributed by atoms with Crippen molar-refractivity contribution in [1.82, 2.24) is 10.2 Å². The van der Waals surface area contributed by atoms with Gasteiger partial charge in [0.25, 0.3) is 0 Å². The fraction of sp³-hybridized carbons (Fsp3) is 0.455. The van der Waals surface area contributed by atoms with E-state index in [1.807, 2.05) is 18.2 Å². The van der Waals surface area contributed by atoms with Gasteiger partial charge in [0.1, 0.15) is 0 Å². The maximum atomic E-state index is 3.79. The van der Waals surface area contributed by atoms with Crippen molar-refractivity contribution in [3.8, 4) is 0 Å². The lowest BCUT2D eigenvalue weighted by atomic mass is 10.2. The number of allylic oxidation sites excluding steroid dienone is 2. The van der Waals surface area contributed by atoms with Crippen LogP contribution in [-0.4, -0.2) is 37.6 Å². The Morgan fingerprint density at radius 2 is 2.00 bits per heavy atom. The lowest BCUT2D eigenvalue weighted by Gasteiger charge is -2.27. The number of hydrogen-bond acceptors (Lipinski definition) is 2. The van der Waals surface area contributed by atoms with E-state index in [-0.39, 0.29) is 0 Å². The first kappa shape index (κ1) is 10.2. The van der Waals surface area contributed by atoms with Crippen LogP contribution in [0.15, 0.2) is 37.0 Å². The van der Waals surface area contributed by atoms with Gasteiger partial charge in [0.15, 0.2) is 0 Å². The molecule has 1 N–H and O–H groups in total. The molecule has 13 heavy (non-hydrogen) atoms. The normalized spacial score (nSPS) is 19.8. The fourth-order valence-electron chi connectivity index (χ4n) is 1.46. The highest BCUT2D eigenvalue weighted by atomic mass is 15.2. The highest BCUT2D eigenvalue weighted by molar-refractivity contribution is 5.22. The monoisotopic (exact) mass is 178 g/mol. The first-order chi connectivity index (χ1) is 6.36. The van der Waals surface area contributed by atoms with Crippen LogP contribution in [0.2, 0.25) is 0 Å². The van der Waals surface area contributed by atoms with Crippen LogP contribution in [0.4, 0.5) is 0 Å². The number of rotatable bonds is 4. The Kier molecular flexibility index (Phi) is 4.50. The number of nitrogens with zero attached hydrogens (tertiary/aromatic N) is 1. The van der Waals surface area contributed by atoms with Crippen molar-refractivity contribution < 1.29 is 0 Å². The van der Waals surface area contributed by atoms with Crippen molar-refractivity contribution in [1.29, 1.82) is 0 Å². The average molecular weight is 178 g/mol. The molecule has 0 aromatic carbocycles. The molecule has 2 heteroatoms. The summed E-state index contributed by atoms with van der Waals surface area (Å²) >= 11 is 0. The van der Waals surface area contributed by atoms with Crippen molar-refractivity contribution in [2.24, 2.45) is 0 Å². The standard InChI is InChI=1S/C11H18N2/c1-3-5-11(4-2)10-13-8-6-12-7-9-13/h3-5,12H,1-2,6-10H2/b11-5+. The van der Waals surface area contributed by atoms with E-state index < -0.39 is 0 Å². The van der Waals surface area contributed by atoms with Crippen molar-refractivity contribution in [2.75, 3.05) is 32.7 Å². The number of nitrogens with one attached hydrogen (secondary N) is 1. The molecule has 1 aliphatic rings. The van der Waals surface area contributed by atoms with E-state index in [0.717, 1.165) is 32.7 Å². The van der Waals surface area contributed by atoms with Crippen LogP contribution in [0.5, 0.6) is 0 Å². The van der Waals surface area contributed by atoms with E-state index in [0.29, 0.717) is 0 Å². The molecule has 0 aliphatic carbocycles. The topological polar surface area (TPSA) is 15.3 Å². The number of piperazine rings is 1. The van der Waals surface area contributed by atoms with Crippen molar-refractivity contribution in [3.63, 3.8) is 0 Å². The Hall–Kier alpha value is -0.860. The predicted octanol–water partition coefficient (Wildman–Crippen LogP) is 1.19. The first-order valence-electron chi connectivity index (χ1n) is 4.74. The van der Waals surface area contributed by atoms with Gasteiger partial charge in [0.05, 0.1) is 0 Å². The fourth-order valence-corrected chi connectivity index (χ4v) is 1.46. The van der Waals surface area contributed by atoms with Crippen LogP contribution < -0.4 is 5.32 Å². The number of hydrogen-bond donors (Lipinski definition) is 1. The Bertz CT molecular complexity index is 200. The molecular formula is C11H18N2. The summed E-state index contributed by atoms with van der Waals surface area (Å²) in [5.41, 5.74) is 1.25. The second kappa shape index (κ2) is 5.73.